The Hall–Kier alpha value is -2.46. The molecule has 4 rings (SSSR count). The van der Waals surface area contributed by atoms with E-state index >= 15 is 0 Å². The highest BCUT2D eigenvalue weighted by Crippen LogP contribution is 2.44. The number of halogens is 3. The zero-order valence-corrected chi connectivity index (χ0v) is 20.6. The zero-order valence-electron chi connectivity index (χ0n) is 20.6. The number of nitrogens with one attached hydrogen (secondary N) is 1. The van der Waals surface area contributed by atoms with Gasteiger partial charge in [-0.2, -0.15) is 13.2 Å². The fourth-order valence-corrected chi connectivity index (χ4v) is 4.87. The van der Waals surface area contributed by atoms with Gasteiger partial charge in [-0.05, 0) is 44.0 Å². The summed E-state index contributed by atoms with van der Waals surface area (Å²) in [6.07, 6.45) is -5.54. The highest BCUT2D eigenvalue weighted by atomic mass is 19.4. The SMILES string of the molecule is CCNC(=O)[C@@]1(OCc2cccc(C(F)(F)F)c2)CC(OCc2ccccc2)[C@@H]2OC(C)(C)O[C@@H]2C1. The predicted octanol–water partition coefficient (Wildman–Crippen LogP) is 5.00. The predicted molar refractivity (Wildman–Crippen MR) is 126 cm³/mol. The van der Waals surface area contributed by atoms with Crippen molar-refractivity contribution in [3.63, 3.8) is 0 Å². The molecule has 2 aromatic rings. The van der Waals surface area contributed by atoms with Gasteiger partial charge in [-0.1, -0.05) is 42.5 Å². The van der Waals surface area contributed by atoms with E-state index in [1.807, 2.05) is 30.3 Å². The maximum atomic E-state index is 13.4. The van der Waals surface area contributed by atoms with Crippen LogP contribution in [0.15, 0.2) is 54.6 Å². The monoisotopic (exact) mass is 507 g/mol. The number of carbonyl (C=O) groups is 1. The Labute approximate surface area is 209 Å². The Morgan fingerprint density at radius 2 is 1.75 bits per heavy atom. The number of hydrogen-bond acceptors (Lipinski definition) is 5. The fraction of sp³-hybridized carbons (Fsp3) is 0.519. The van der Waals surface area contributed by atoms with E-state index in [2.05, 4.69) is 5.32 Å². The lowest BCUT2D eigenvalue weighted by Crippen LogP contribution is -2.60. The maximum absolute atomic E-state index is 13.4. The molecule has 1 N–H and O–H groups in total. The third-order valence-corrected chi connectivity index (χ3v) is 6.48. The summed E-state index contributed by atoms with van der Waals surface area (Å²) in [5, 5.41) is 2.83. The van der Waals surface area contributed by atoms with E-state index in [-0.39, 0.29) is 25.4 Å². The summed E-state index contributed by atoms with van der Waals surface area (Å²) in [6, 6.07) is 14.6. The van der Waals surface area contributed by atoms with Gasteiger partial charge in [-0.25, -0.2) is 0 Å². The van der Waals surface area contributed by atoms with E-state index < -0.39 is 41.4 Å². The number of likely N-dealkylation sites (N-methyl/N-ethyl adjacent to an activating group) is 1. The first-order chi connectivity index (χ1) is 17.0. The smallest absolute Gasteiger partial charge is 0.371 e. The molecule has 0 spiro atoms. The van der Waals surface area contributed by atoms with Gasteiger partial charge in [-0.15, -0.1) is 0 Å². The van der Waals surface area contributed by atoms with Crippen molar-refractivity contribution in [1.29, 1.82) is 0 Å². The number of amides is 1. The summed E-state index contributed by atoms with van der Waals surface area (Å²) < 4.78 is 64.4. The van der Waals surface area contributed by atoms with Gasteiger partial charge in [-0.3, -0.25) is 4.79 Å². The van der Waals surface area contributed by atoms with E-state index in [4.69, 9.17) is 18.9 Å². The lowest BCUT2D eigenvalue weighted by atomic mass is 9.78. The number of fused-ring (bicyclic) bond motifs is 1. The van der Waals surface area contributed by atoms with Crippen molar-refractivity contribution in [3.8, 4) is 0 Å². The molecule has 4 atom stereocenters. The Balaban J connectivity index is 1.59. The van der Waals surface area contributed by atoms with E-state index in [0.29, 0.717) is 18.7 Å². The molecule has 1 saturated heterocycles. The minimum atomic E-state index is -4.47. The van der Waals surface area contributed by atoms with E-state index in [1.165, 1.54) is 6.07 Å². The largest absolute Gasteiger partial charge is 0.416 e. The third kappa shape index (κ3) is 6.08. The number of benzene rings is 2. The van der Waals surface area contributed by atoms with Gasteiger partial charge in [0.1, 0.15) is 6.10 Å². The van der Waals surface area contributed by atoms with Crippen LogP contribution in [0.4, 0.5) is 13.2 Å². The van der Waals surface area contributed by atoms with Gasteiger partial charge in [0.05, 0.1) is 31.0 Å². The van der Waals surface area contributed by atoms with Crippen molar-refractivity contribution < 1.29 is 36.9 Å². The van der Waals surface area contributed by atoms with Crippen molar-refractivity contribution >= 4 is 5.91 Å². The second-order valence-corrected chi connectivity index (χ2v) is 9.72. The average Bonchev–Trinajstić information content (AvgIpc) is 3.15. The molecule has 0 radical (unpaired) electrons. The summed E-state index contributed by atoms with van der Waals surface area (Å²) >= 11 is 0. The minimum Gasteiger partial charge on any atom is -0.371 e. The highest BCUT2D eigenvalue weighted by Gasteiger charge is 2.58. The Morgan fingerprint density at radius 3 is 2.44 bits per heavy atom. The summed E-state index contributed by atoms with van der Waals surface area (Å²) in [6.45, 7) is 5.91. The molecule has 2 aliphatic rings. The topological polar surface area (TPSA) is 66.0 Å². The van der Waals surface area contributed by atoms with Crippen molar-refractivity contribution in [3.05, 3.63) is 71.3 Å². The maximum Gasteiger partial charge on any atom is 0.416 e. The molecule has 6 nitrogen and oxygen atoms in total. The standard InChI is InChI=1S/C27H32F3NO5/c1-4-31-24(32)26(34-17-19-11-8-12-20(13-19)27(28,29)30)14-21(33-16-18-9-6-5-7-10-18)23-22(15-26)35-25(2,3)36-23/h5-13,21-23H,4,14-17H2,1-3H3,(H,31,32)/t21?,22-,23+,26-/m1/s1. The van der Waals surface area contributed by atoms with Crippen LogP contribution in [-0.4, -0.2) is 42.2 Å². The number of alkyl halides is 3. The molecular formula is C27H32F3NO5. The van der Waals surface area contributed by atoms with Gasteiger partial charge < -0.3 is 24.3 Å². The number of rotatable bonds is 8. The van der Waals surface area contributed by atoms with E-state index in [0.717, 1.165) is 17.7 Å². The summed E-state index contributed by atoms with van der Waals surface area (Å²) in [4.78, 5) is 13.4. The molecule has 1 heterocycles. The van der Waals surface area contributed by atoms with Crippen molar-refractivity contribution in [2.24, 2.45) is 0 Å². The van der Waals surface area contributed by atoms with Crippen LogP contribution >= 0.6 is 0 Å². The first kappa shape index (κ1) is 26.6. The first-order valence-electron chi connectivity index (χ1n) is 12.1. The van der Waals surface area contributed by atoms with Gasteiger partial charge in [0, 0.05) is 19.4 Å². The Morgan fingerprint density at radius 1 is 1.03 bits per heavy atom. The van der Waals surface area contributed by atoms with Crippen molar-refractivity contribution in [2.45, 2.75) is 82.7 Å². The lowest BCUT2D eigenvalue weighted by molar-refractivity contribution is -0.183. The molecule has 36 heavy (non-hydrogen) atoms. The molecule has 2 fully saturated rings. The second kappa shape index (κ2) is 10.5. The van der Waals surface area contributed by atoms with Gasteiger partial charge >= 0.3 is 6.18 Å². The molecule has 1 aliphatic carbocycles. The van der Waals surface area contributed by atoms with Crippen molar-refractivity contribution in [1.82, 2.24) is 5.32 Å². The van der Waals surface area contributed by atoms with Crippen LogP contribution in [-0.2, 0) is 43.1 Å². The number of ether oxygens (including phenoxy) is 4. The molecule has 1 saturated carbocycles. The first-order valence-corrected chi connectivity index (χ1v) is 12.1. The van der Waals surface area contributed by atoms with Crippen LogP contribution in [0, 0.1) is 0 Å². The Bertz CT molecular complexity index is 1050. The molecule has 9 heteroatoms. The van der Waals surface area contributed by atoms with Crippen LogP contribution in [0.3, 0.4) is 0 Å². The lowest BCUT2D eigenvalue weighted by Gasteiger charge is -2.43. The summed E-state index contributed by atoms with van der Waals surface area (Å²) in [5.74, 6) is -1.22. The van der Waals surface area contributed by atoms with Crippen molar-refractivity contribution in [2.75, 3.05) is 6.54 Å². The van der Waals surface area contributed by atoms with Gasteiger partial charge in [0.25, 0.3) is 5.91 Å². The van der Waals surface area contributed by atoms with E-state index in [9.17, 15) is 18.0 Å². The average molecular weight is 508 g/mol. The second-order valence-electron chi connectivity index (χ2n) is 9.72. The highest BCUT2D eigenvalue weighted by molar-refractivity contribution is 5.85. The third-order valence-electron chi connectivity index (χ3n) is 6.48. The van der Waals surface area contributed by atoms with Crippen LogP contribution in [0.5, 0.6) is 0 Å². The summed E-state index contributed by atoms with van der Waals surface area (Å²) in [7, 11) is 0. The van der Waals surface area contributed by atoms with Crippen LogP contribution < -0.4 is 5.32 Å². The molecule has 1 aliphatic heterocycles. The molecule has 0 bridgehead atoms. The molecular weight excluding hydrogens is 475 g/mol. The van der Waals surface area contributed by atoms with Gasteiger partial charge in [0.15, 0.2) is 11.4 Å². The zero-order chi connectivity index (χ0) is 26.0. The summed E-state index contributed by atoms with van der Waals surface area (Å²) in [5.41, 5.74) is -0.846. The van der Waals surface area contributed by atoms with Gasteiger partial charge in [0.2, 0.25) is 0 Å². The number of carbonyl (C=O) groups excluding carboxylic acids is 1. The molecule has 2 aromatic carbocycles. The molecule has 1 amide bonds. The van der Waals surface area contributed by atoms with Crippen LogP contribution in [0.25, 0.3) is 0 Å². The minimum absolute atomic E-state index is 0.172. The molecule has 196 valence electrons. The van der Waals surface area contributed by atoms with E-state index in [1.54, 1.807) is 26.8 Å². The Kier molecular flexibility index (Phi) is 7.75. The number of hydrogen-bond donors (Lipinski definition) is 1. The normalized spacial score (nSPS) is 27.4. The molecule has 0 aromatic heterocycles. The molecule has 1 unspecified atom stereocenters. The fourth-order valence-electron chi connectivity index (χ4n) is 4.87. The quantitative estimate of drug-likeness (QED) is 0.545. The van der Waals surface area contributed by atoms with Crippen LogP contribution in [0.1, 0.15) is 50.3 Å². The van der Waals surface area contributed by atoms with Crippen LogP contribution in [0.2, 0.25) is 0 Å².